The smallest absolute Gasteiger partial charge is 0.269 e. The van der Waals surface area contributed by atoms with Crippen molar-refractivity contribution in [2.75, 3.05) is 0 Å². The number of halogens is 1. The van der Waals surface area contributed by atoms with Crippen LogP contribution in [0.4, 0.5) is 0 Å². The lowest BCUT2D eigenvalue weighted by molar-refractivity contribution is 0.0941. The van der Waals surface area contributed by atoms with Crippen LogP contribution in [0.1, 0.15) is 21.7 Å². The number of amides is 1. The predicted molar refractivity (Wildman–Crippen MR) is 73.3 cm³/mol. The van der Waals surface area contributed by atoms with E-state index in [-0.39, 0.29) is 5.91 Å². The number of nitrogens with zero attached hydrogens (tertiary/aromatic N) is 2. The summed E-state index contributed by atoms with van der Waals surface area (Å²) in [5, 5.41) is 7.03. The van der Waals surface area contributed by atoms with Crippen molar-refractivity contribution in [1.29, 1.82) is 0 Å². The Balaban J connectivity index is 2.05. The maximum atomic E-state index is 12.0. The van der Waals surface area contributed by atoms with Crippen LogP contribution in [-0.4, -0.2) is 15.7 Å². The van der Waals surface area contributed by atoms with E-state index in [2.05, 4.69) is 26.3 Å². The van der Waals surface area contributed by atoms with E-state index in [0.717, 1.165) is 15.7 Å². The van der Waals surface area contributed by atoms with Crippen molar-refractivity contribution in [1.82, 2.24) is 15.1 Å². The van der Waals surface area contributed by atoms with E-state index in [1.807, 2.05) is 31.2 Å². The number of carbonyl (C=O) groups is 1. The summed E-state index contributed by atoms with van der Waals surface area (Å²) in [7, 11) is 1.76. The number of hydrogen-bond donors (Lipinski definition) is 1. The van der Waals surface area contributed by atoms with Crippen LogP contribution in [0, 0.1) is 6.92 Å². The largest absolute Gasteiger partial charge is 0.347 e. The molecule has 5 heteroatoms. The van der Waals surface area contributed by atoms with E-state index in [1.165, 1.54) is 0 Å². The third-order valence-electron chi connectivity index (χ3n) is 2.63. The van der Waals surface area contributed by atoms with Gasteiger partial charge in [-0.1, -0.05) is 34.1 Å². The number of carbonyl (C=O) groups excluding carboxylic acids is 1. The molecule has 0 bridgehead atoms. The fraction of sp³-hybridized carbons (Fsp3) is 0.231. The Morgan fingerprint density at radius 1 is 1.44 bits per heavy atom. The molecule has 0 saturated carbocycles. The van der Waals surface area contributed by atoms with Crippen molar-refractivity contribution in [2.45, 2.75) is 13.5 Å². The molecule has 0 atom stereocenters. The number of nitrogens with one attached hydrogen (secondary N) is 1. The molecule has 0 fully saturated rings. The fourth-order valence-corrected chi connectivity index (χ4v) is 2.16. The van der Waals surface area contributed by atoms with Crippen LogP contribution in [0.2, 0.25) is 0 Å². The number of aromatic nitrogens is 2. The van der Waals surface area contributed by atoms with Crippen molar-refractivity contribution >= 4 is 21.8 Å². The summed E-state index contributed by atoms with van der Waals surface area (Å²) in [6.45, 7) is 2.36. The maximum Gasteiger partial charge on any atom is 0.269 e. The van der Waals surface area contributed by atoms with Crippen LogP contribution < -0.4 is 5.32 Å². The highest BCUT2D eigenvalue weighted by atomic mass is 79.9. The van der Waals surface area contributed by atoms with Gasteiger partial charge < -0.3 is 5.32 Å². The highest BCUT2D eigenvalue weighted by Gasteiger charge is 2.11. The Morgan fingerprint density at radius 3 is 2.78 bits per heavy atom. The average molecular weight is 308 g/mol. The van der Waals surface area contributed by atoms with E-state index < -0.39 is 0 Å². The Morgan fingerprint density at radius 2 is 2.17 bits per heavy atom. The van der Waals surface area contributed by atoms with E-state index in [4.69, 9.17) is 0 Å². The van der Waals surface area contributed by atoms with Crippen LogP contribution in [0.25, 0.3) is 0 Å². The molecule has 0 aliphatic rings. The second kappa shape index (κ2) is 5.35. The summed E-state index contributed by atoms with van der Waals surface area (Å²) in [5.41, 5.74) is 2.45. The van der Waals surface area contributed by atoms with Crippen LogP contribution in [-0.2, 0) is 13.6 Å². The number of rotatable bonds is 3. The van der Waals surface area contributed by atoms with Crippen LogP contribution >= 0.6 is 15.9 Å². The molecule has 2 rings (SSSR count). The summed E-state index contributed by atoms with van der Waals surface area (Å²) in [6.07, 6.45) is 0. The second-order valence-corrected chi connectivity index (χ2v) is 4.92. The summed E-state index contributed by atoms with van der Waals surface area (Å²) in [5.74, 6) is -0.117. The Labute approximate surface area is 114 Å². The van der Waals surface area contributed by atoms with E-state index >= 15 is 0 Å². The van der Waals surface area contributed by atoms with Gasteiger partial charge >= 0.3 is 0 Å². The molecule has 2 aromatic rings. The van der Waals surface area contributed by atoms with Gasteiger partial charge in [0.2, 0.25) is 0 Å². The molecule has 18 heavy (non-hydrogen) atoms. The Hall–Kier alpha value is -1.62. The number of hydrogen-bond acceptors (Lipinski definition) is 2. The van der Waals surface area contributed by atoms with Crippen molar-refractivity contribution in [3.8, 4) is 0 Å². The third-order valence-corrected chi connectivity index (χ3v) is 3.41. The van der Waals surface area contributed by atoms with Crippen LogP contribution in [0.15, 0.2) is 34.8 Å². The van der Waals surface area contributed by atoms with Crippen LogP contribution in [0.3, 0.4) is 0 Å². The molecule has 0 radical (unpaired) electrons. The topological polar surface area (TPSA) is 46.9 Å². The van der Waals surface area contributed by atoms with Crippen molar-refractivity contribution in [3.63, 3.8) is 0 Å². The fourth-order valence-electron chi connectivity index (χ4n) is 1.73. The summed E-state index contributed by atoms with van der Waals surface area (Å²) < 4.78 is 2.58. The molecular formula is C13H14BrN3O. The Kier molecular flexibility index (Phi) is 3.81. The maximum absolute atomic E-state index is 12.0. The van der Waals surface area contributed by atoms with Crippen molar-refractivity contribution < 1.29 is 4.79 Å². The van der Waals surface area contributed by atoms with Crippen molar-refractivity contribution in [2.24, 2.45) is 7.05 Å². The lowest BCUT2D eigenvalue weighted by Gasteiger charge is -2.06. The van der Waals surface area contributed by atoms with Gasteiger partial charge in [0.15, 0.2) is 0 Å². The van der Waals surface area contributed by atoms with Gasteiger partial charge in [-0.3, -0.25) is 9.48 Å². The summed E-state index contributed by atoms with van der Waals surface area (Å²) >= 11 is 3.45. The normalized spacial score (nSPS) is 10.4. The molecule has 0 aliphatic carbocycles. The monoisotopic (exact) mass is 307 g/mol. The SMILES string of the molecule is Cc1cc(C(=O)NCc2ccccc2Br)n(C)n1. The highest BCUT2D eigenvalue weighted by molar-refractivity contribution is 9.10. The zero-order valence-electron chi connectivity index (χ0n) is 10.3. The molecule has 1 aromatic heterocycles. The molecule has 1 N–H and O–H groups in total. The minimum Gasteiger partial charge on any atom is -0.347 e. The molecule has 0 aliphatic heterocycles. The minimum atomic E-state index is -0.117. The van der Waals surface area contributed by atoms with Gasteiger partial charge in [0, 0.05) is 18.1 Å². The average Bonchev–Trinajstić information content (AvgIpc) is 2.67. The standard InChI is InChI=1S/C13H14BrN3O/c1-9-7-12(17(2)16-9)13(18)15-8-10-5-3-4-6-11(10)14/h3-7H,8H2,1-2H3,(H,15,18). The Bertz CT molecular complexity index is 577. The van der Waals surface area contributed by atoms with Gasteiger partial charge in [0.05, 0.1) is 5.69 Å². The lowest BCUT2D eigenvalue weighted by Crippen LogP contribution is -2.25. The molecule has 0 saturated heterocycles. The molecular weight excluding hydrogens is 294 g/mol. The first-order chi connectivity index (χ1) is 8.58. The number of aryl methyl sites for hydroxylation is 2. The van der Waals surface area contributed by atoms with Gasteiger partial charge in [0.25, 0.3) is 5.91 Å². The predicted octanol–water partition coefficient (Wildman–Crippen LogP) is 2.42. The molecule has 4 nitrogen and oxygen atoms in total. The highest BCUT2D eigenvalue weighted by Crippen LogP contribution is 2.15. The molecule has 94 valence electrons. The zero-order valence-corrected chi connectivity index (χ0v) is 11.9. The first kappa shape index (κ1) is 12.8. The van der Waals surface area contributed by atoms with E-state index in [0.29, 0.717) is 12.2 Å². The first-order valence-corrected chi connectivity index (χ1v) is 6.39. The summed E-state index contributed by atoms with van der Waals surface area (Å²) in [6, 6.07) is 9.59. The molecule has 1 heterocycles. The van der Waals surface area contributed by atoms with Crippen molar-refractivity contribution in [3.05, 3.63) is 51.8 Å². The van der Waals surface area contributed by atoms with Gasteiger partial charge in [0.1, 0.15) is 5.69 Å². The van der Waals surface area contributed by atoms with E-state index in [1.54, 1.807) is 17.8 Å². The summed E-state index contributed by atoms with van der Waals surface area (Å²) in [4.78, 5) is 12.0. The van der Waals surface area contributed by atoms with Gasteiger partial charge in [-0.05, 0) is 24.6 Å². The van der Waals surface area contributed by atoms with Gasteiger partial charge in [-0.2, -0.15) is 5.10 Å². The quantitative estimate of drug-likeness (QED) is 0.946. The van der Waals surface area contributed by atoms with E-state index in [9.17, 15) is 4.79 Å². The molecule has 1 aromatic carbocycles. The van der Waals surface area contributed by atoms with Crippen LogP contribution in [0.5, 0.6) is 0 Å². The van der Waals surface area contributed by atoms with Gasteiger partial charge in [-0.15, -0.1) is 0 Å². The lowest BCUT2D eigenvalue weighted by atomic mass is 10.2. The number of benzene rings is 1. The minimum absolute atomic E-state index is 0.117. The molecule has 0 unspecified atom stereocenters. The zero-order chi connectivity index (χ0) is 13.1. The molecule has 1 amide bonds. The van der Waals surface area contributed by atoms with Gasteiger partial charge in [-0.25, -0.2) is 0 Å². The first-order valence-electron chi connectivity index (χ1n) is 5.60. The molecule has 0 spiro atoms. The third kappa shape index (κ3) is 2.79. The second-order valence-electron chi connectivity index (χ2n) is 4.07.